The Morgan fingerprint density at radius 3 is 1.49 bits per heavy atom. The second kappa shape index (κ2) is 17.4. The first-order chi connectivity index (χ1) is 27.0. The molecule has 0 aliphatic heterocycles. The summed E-state index contributed by atoms with van der Waals surface area (Å²) >= 11 is 0. The maximum Gasteiger partial charge on any atom is 0.322 e. The number of hydrogen-bond donors (Lipinski definition) is 1. The van der Waals surface area contributed by atoms with E-state index in [0.717, 1.165) is 32.7 Å². The van der Waals surface area contributed by atoms with E-state index in [-0.39, 0.29) is 18.9 Å². The predicted octanol–water partition coefficient (Wildman–Crippen LogP) is 11.1. The third kappa shape index (κ3) is 8.91. The molecular formula is C46H36F2N5OP. The van der Waals surface area contributed by atoms with E-state index in [1.165, 1.54) is 48.5 Å². The van der Waals surface area contributed by atoms with E-state index in [0.29, 0.717) is 17.1 Å². The zero-order chi connectivity index (χ0) is 37.9. The molecule has 9 heteroatoms. The number of halogens is 2. The Hall–Kier alpha value is -6.72. The number of anilines is 1. The summed E-state index contributed by atoms with van der Waals surface area (Å²) in [5.74, 6) is -0.760. The van der Waals surface area contributed by atoms with Crippen molar-refractivity contribution in [2.24, 2.45) is 14.7 Å². The van der Waals surface area contributed by atoms with Gasteiger partial charge in [0, 0.05) is 34.7 Å². The van der Waals surface area contributed by atoms with Crippen LogP contribution < -0.4 is 21.2 Å². The molecule has 0 aromatic heterocycles. The van der Waals surface area contributed by atoms with Crippen LogP contribution >= 0.6 is 7.05 Å². The fraction of sp³-hybridized carbons (Fsp3) is 0.0435. The van der Waals surface area contributed by atoms with Gasteiger partial charge in [0.05, 0.1) is 24.1 Å². The minimum absolute atomic E-state index is 0.162. The smallest absolute Gasteiger partial charge is 0.316 e. The number of urea groups is 1. The number of nitrogens with zero attached hydrogens (tertiary/aromatic N) is 4. The van der Waals surface area contributed by atoms with Crippen molar-refractivity contribution in [3.05, 3.63) is 211 Å². The van der Waals surface area contributed by atoms with Gasteiger partial charge in [-0.1, -0.05) is 127 Å². The van der Waals surface area contributed by atoms with Crippen LogP contribution in [0.25, 0.3) is 0 Å². The number of hydrogen-bond acceptors (Lipinski definition) is 4. The molecule has 0 aliphatic rings. The molecule has 6 nitrogen and oxygen atoms in total. The highest BCUT2D eigenvalue weighted by Gasteiger charge is 2.28. The summed E-state index contributed by atoms with van der Waals surface area (Å²) in [5, 5.41) is 6.24. The number of amides is 2. The van der Waals surface area contributed by atoms with Crippen molar-refractivity contribution in [2.45, 2.75) is 13.1 Å². The quantitative estimate of drug-likeness (QED) is 0.104. The molecule has 0 bridgehead atoms. The highest BCUT2D eigenvalue weighted by atomic mass is 31.2. The first kappa shape index (κ1) is 36.6. The number of carbonyl (C=O) groups excluding carboxylic acids is 1. The van der Waals surface area contributed by atoms with E-state index in [4.69, 9.17) is 4.74 Å². The Bertz CT molecular complexity index is 2390. The summed E-state index contributed by atoms with van der Waals surface area (Å²) in [6.07, 6.45) is 0. The van der Waals surface area contributed by atoms with Gasteiger partial charge in [-0.2, -0.15) is 9.98 Å². The lowest BCUT2D eigenvalue weighted by atomic mass is 10.1. The van der Waals surface area contributed by atoms with Crippen LogP contribution in [-0.2, 0) is 13.1 Å². The lowest BCUT2D eigenvalue weighted by Crippen LogP contribution is -2.34. The number of nitrogens with one attached hydrogen (secondary N) is 1. The van der Waals surface area contributed by atoms with Crippen molar-refractivity contribution >= 4 is 57.8 Å². The fourth-order valence-electron chi connectivity index (χ4n) is 6.21. The minimum atomic E-state index is -2.63. The van der Waals surface area contributed by atoms with Gasteiger partial charge in [-0.25, -0.2) is 13.6 Å². The maximum absolute atomic E-state index is 14.2. The van der Waals surface area contributed by atoms with Gasteiger partial charge in [-0.3, -0.25) is 4.74 Å². The SMILES string of the molecule is O=C(Nc1ccc(F)cc1)N(Cc1ccccc1N=C=Nc1ccc(F)cc1)Cc1ccccc1N=P(c1ccccc1)(c1ccccc1)c1ccccc1. The Kier molecular flexibility index (Phi) is 11.6. The number of para-hydroxylation sites is 1. The van der Waals surface area contributed by atoms with Crippen molar-refractivity contribution in [3.8, 4) is 0 Å². The summed E-state index contributed by atoms with van der Waals surface area (Å²) in [4.78, 5) is 24.6. The molecule has 0 saturated heterocycles. The van der Waals surface area contributed by atoms with Gasteiger partial charge in [-0.15, -0.1) is 0 Å². The second-order valence-electron chi connectivity index (χ2n) is 12.6. The van der Waals surface area contributed by atoms with E-state index >= 15 is 0 Å². The number of benzene rings is 7. The van der Waals surface area contributed by atoms with Gasteiger partial charge >= 0.3 is 6.03 Å². The monoisotopic (exact) mass is 743 g/mol. The van der Waals surface area contributed by atoms with E-state index < -0.39 is 18.9 Å². The van der Waals surface area contributed by atoms with E-state index in [2.05, 4.69) is 57.7 Å². The number of rotatable bonds is 11. The van der Waals surface area contributed by atoms with Crippen molar-refractivity contribution in [2.75, 3.05) is 5.32 Å². The van der Waals surface area contributed by atoms with Crippen LogP contribution in [0.3, 0.4) is 0 Å². The molecule has 2 amide bonds. The van der Waals surface area contributed by atoms with Crippen molar-refractivity contribution < 1.29 is 13.6 Å². The van der Waals surface area contributed by atoms with Crippen LogP contribution in [0.5, 0.6) is 0 Å². The molecule has 7 aromatic rings. The van der Waals surface area contributed by atoms with Crippen molar-refractivity contribution in [1.29, 1.82) is 0 Å². The molecule has 0 radical (unpaired) electrons. The predicted molar refractivity (Wildman–Crippen MR) is 220 cm³/mol. The van der Waals surface area contributed by atoms with Gasteiger partial charge in [-0.05, 0) is 71.8 Å². The second-order valence-corrected chi connectivity index (χ2v) is 15.6. The standard InChI is InChI=1S/C46H36F2N5OP/c47-37-24-28-39(29-25-37)49-34-50-44-22-12-10-14-35(44)32-53(46(54)51-40-30-26-38(48)27-31-40)33-36-15-11-13-23-45(36)52-55(41-16-4-1-5-17-41,42-18-6-2-7-19-42)43-20-8-3-9-21-43/h1-31H,32-33H2,(H,51,54). The largest absolute Gasteiger partial charge is 0.322 e. The molecule has 7 aromatic carbocycles. The van der Waals surface area contributed by atoms with Crippen LogP contribution in [0.1, 0.15) is 11.1 Å². The highest BCUT2D eigenvalue weighted by Crippen LogP contribution is 2.49. The van der Waals surface area contributed by atoms with Crippen LogP contribution in [0.2, 0.25) is 0 Å². The molecular weight excluding hydrogens is 708 g/mol. The minimum Gasteiger partial charge on any atom is -0.316 e. The third-order valence-electron chi connectivity index (χ3n) is 8.91. The zero-order valence-electron chi connectivity index (χ0n) is 29.7. The summed E-state index contributed by atoms with van der Waals surface area (Å²) in [6.45, 7) is 0.350. The molecule has 1 N–H and O–H groups in total. The van der Waals surface area contributed by atoms with Crippen LogP contribution in [0, 0.1) is 11.6 Å². The van der Waals surface area contributed by atoms with Crippen LogP contribution in [-0.4, -0.2) is 16.9 Å². The zero-order valence-corrected chi connectivity index (χ0v) is 30.6. The first-order valence-corrected chi connectivity index (χ1v) is 19.4. The molecule has 0 heterocycles. The van der Waals surface area contributed by atoms with E-state index in [9.17, 15) is 13.6 Å². The summed E-state index contributed by atoms with van der Waals surface area (Å²) in [5.41, 5.74) is 3.85. The van der Waals surface area contributed by atoms with Gasteiger partial charge in [0.2, 0.25) is 0 Å². The molecule has 0 aliphatic carbocycles. The lowest BCUT2D eigenvalue weighted by Gasteiger charge is -2.28. The number of carbonyl (C=O) groups is 1. The van der Waals surface area contributed by atoms with Gasteiger partial charge in [0.15, 0.2) is 0 Å². The molecule has 7 rings (SSSR count). The van der Waals surface area contributed by atoms with Gasteiger partial charge < -0.3 is 10.2 Å². The van der Waals surface area contributed by atoms with Crippen molar-refractivity contribution in [3.63, 3.8) is 0 Å². The van der Waals surface area contributed by atoms with E-state index in [1.807, 2.05) is 103 Å². The highest BCUT2D eigenvalue weighted by molar-refractivity contribution is 7.87. The Morgan fingerprint density at radius 2 is 0.964 bits per heavy atom. The third-order valence-corrected chi connectivity index (χ3v) is 12.6. The molecule has 0 unspecified atom stereocenters. The van der Waals surface area contributed by atoms with Gasteiger partial charge in [0.25, 0.3) is 0 Å². The average Bonchev–Trinajstić information content (AvgIpc) is 3.23. The normalized spacial score (nSPS) is 10.9. The average molecular weight is 744 g/mol. The van der Waals surface area contributed by atoms with Crippen LogP contribution in [0.15, 0.2) is 203 Å². The van der Waals surface area contributed by atoms with Gasteiger partial charge in [0.1, 0.15) is 17.6 Å². The molecule has 0 spiro atoms. The Labute approximate surface area is 319 Å². The molecule has 55 heavy (non-hydrogen) atoms. The summed E-state index contributed by atoms with van der Waals surface area (Å²) in [7, 11) is -2.63. The first-order valence-electron chi connectivity index (χ1n) is 17.7. The lowest BCUT2D eigenvalue weighted by molar-refractivity contribution is 0.206. The van der Waals surface area contributed by atoms with Crippen LogP contribution in [0.4, 0.5) is 36.3 Å². The maximum atomic E-state index is 14.2. The molecule has 270 valence electrons. The topological polar surface area (TPSA) is 69.4 Å². The summed E-state index contributed by atoms with van der Waals surface area (Å²) in [6, 6.07) is 60.2. The Morgan fingerprint density at radius 1 is 0.527 bits per heavy atom. The molecule has 0 atom stereocenters. The number of aliphatic imine (C=N–C) groups is 2. The Balaban J connectivity index is 1.32. The van der Waals surface area contributed by atoms with E-state index in [1.54, 1.807) is 4.90 Å². The van der Waals surface area contributed by atoms with Crippen molar-refractivity contribution in [1.82, 2.24) is 4.90 Å². The fourth-order valence-corrected chi connectivity index (χ4v) is 9.78. The summed E-state index contributed by atoms with van der Waals surface area (Å²) < 4.78 is 33.0. The molecule has 0 fully saturated rings. The molecule has 0 saturated carbocycles.